The molecule has 0 fully saturated rings. The number of aromatic nitrogens is 2. The van der Waals surface area contributed by atoms with Gasteiger partial charge < -0.3 is 14.8 Å². The van der Waals surface area contributed by atoms with E-state index in [9.17, 15) is 4.79 Å². The summed E-state index contributed by atoms with van der Waals surface area (Å²) in [6, 6.07) is 14.3. The Labute approximate surface area is 162 Å². The second-order valence-electron chi connectivity index (χ2n) is 5.98. The number of ether oxygens (including phenoxy) is 2. The number of hydrogen-bond acceptors (Lipinski definition) is 4. The molecular formula is C20H20ClN3O3. The lowest BCUT2D eigenvalue weighted by atomic mass is 10.1. The molecule has 3 aromatic rings. The molecule has 1 amide bonds. The lowest BCUT2D eigenvalue weighted by Gasteiger charge is -2.16. The van der Waals surface area contributed by atoms with Crippen LogP contribution >= 0.6 is 11.6 Å². The van der Waals surface area contributed by atoms with Crippen LogP contribution in [0.25, 0.3) is 11.3 Å². The van der Waals surface area contributed by atoms with Crippen LogP contribution in [-0.4, -0.2) is 30.3 Å². The van der Waals surface area contributed by atoms with Gasteiger partial charge in [0.15, 0.2) is 11.5 Å². The molecular weight excluding hydrogens is 366 g/mol. The molecule has 0 spiro atoms. The summed E-state index contributed by atoms with van der Waals surface area (Å²) in [7, 11) is 3.16. The fraction of sp³-hybridized carbons (Fsp3) is 0.200. The molecule has 1 aromatic heterocycles. The zero-order valence-corrected chi connectivity index (χ0v) is 16.0. The predicted octanol–water partition coefficient (Wildman–Crippen LogP) is 4.24. The number of benzene rings is 2. The van der Waals surface area contributed by atoms with E-state index >= 15 is 0 Å². The van der Waals surface area contributed by atoms with E-state index in [2.05, 4.69) is 15.5 Å². The summed E-state index contributed by atoms with van der Waals surface area (Å²) in [4.78, 5) is 12.5. The molecule has 0 bridgehead atoms. The number of aromatic amines is 1. The smallest absolute Gasteiger partial charge is 0.269 e. The number of H-pyrrole nitrogens is 1. The van der Waals surface area contributed by atoms with E-state index in [0.29, 0.717) is 27.9 Å². The number of carbonyl (C=O) groups is 1. The van der Waals surface area contributed by atoms with Gasteiger partial charge in [0.25, 0.3) is 5.91 Å². The van der Waals surface area contributed by atoms with Gasteiger partial charge >= 0.3 is 0 Å². The average Bonchev–Trinajstić information content (AvgIpc) is 3.18. The van der Waals surface area contributed by atoms with Crippen molar-refractivity contribution in [2.75, 3.05) is 14.2 Å². The van der Waals surface area contributed by atoms with Gasteiger partial charge in [0.1, 0.15) is 5.69 Å². The highest BCUT2D eigenvalue weighted by atomic mass is 35.5. The van der Waals surface area contributed by atoms with Crippen molar-refractivity contribution in [2.45, 2.75) is 13.0 Å². The van der Waals surface area contributed by atoms with Crippen molar-refractivity contribution < 1.29 is 14.3 Å². The van der Waals surface area contributed by atoms with Gasteiger partial charge in [-0.15, -0.1) is 0 Å². The highest BCUT2D eigenvalue weighted by Gasteiger charge is 2.16. The minimum atomic E-state index is -0.245. The molecule has 0 aliphatic heterocycles. The summed E-state index contributed by atoms with van der Waals surface area (Å²) in [5, 5.41) is 10.6. The zero-order valence-electron chi connectivity index (χ0n) is 15.2. The van der Waals surface area contributed by atoms with Crippen LogP contribution in [0.3, 0.4) is 0 Å². The Kier molecular flexibility index (Phi) is 5.66. The molecule has 0 aliphatic carbocycles. The molecule has 140 valence electrons. The molecule has 1 heterocycles. The molecule has 0 aliphatic rings. The van der Waals surface area contributed by atoms with E-state index < -0.39 is 0 Å². The van der Waals surface area contributed by atoms with Crippen LogP contribution in [0.2, 0.25) is 5.02 Å². The van der Waals surface area contributed by atoms with Gasteiger partial charge in [-0.25, -0.2) is 0 Å². The van der Waals surface area contributed by atoms with Gasteiger partial charge in [0.05, 0.1) is 26.0 Å². The van der Waals surface area contributed by atoms with Gasteiger partial charge in [0.2, 0.25) is 0 Å². The van der Waals surface area contributed by atoms with Crippen molar-refractivity contribution in [1.82, 2.24) is 15.5 Å². The van der Waals surface area contributed by atoms with Crippen molar-refractivity contribution >= 4 is 17.5 Å². The minimum absolute atomic E-state index is 0.223. The molecule has 2 aromatic carbocycles. The summed E-state index contributed by atoms with van der Waals surface area (Å²) in [5.41, 5.74) is 2.84. The second-order valence-corrected chi connectivity index (χ2v) is 6.42. The first kappa shape index (κ1) is 18.8. The third-order valence-corrected chi connectivity index (χ3v) is 4.47. The van der Waals surface area contributed by atoms with E-state index in [1.807, 2.05) is 37.3 Å². The largest absolute Gasteiger partial charge is 0.493 e. The lowest BCUT2D eigenvalue weighted by Crippen LogP contribution is -2.27. The molecule has 0 saturated heterocycles. The quantitative estimate of drug-likeness (QED) is 0.665. The monoisotopic (exact) mass is 385 g/mol. The van der Waals surface area contributed by atoms with E-state index in [4.69, 9.17) is 21.1 Å². The first-order valence-corrected chi connectivity index (χ1v) is 8.73. The number of methoxy groups -OCH3 is 2. The molecule has 27 heavy (non-hydrogen) atoms. The Morgan fingerprint density at radius 2 is 1.78 bits per heavy atom. The number of amides is 1. The molecule has 0 saturated carbocycles. The zero-order chi connectivity index (χ0) is 19.4. The third-order valence-electron chi connectivity index (χ3n) is 4.22. The SMILES string of the molecule is COc1ccc([C@@H](C)NC(=O)c2cc(-c3ccc(Cl)cc3)n[nH]2)cc1OC. The fourth-order valence-electron chi connectivity index (χ4n) is 2.69. The van der Waals surface area contributed by atoms with Crippen molar-refractivity contribution in [3.8, 4) is 22.8 Å². The molecule has 0 unspecified atom stereocenters. The Balaban J connectivity index is 1.73. The minimum Gasteiger partial charge on any atom is -0.493 e. The Morgan fingerprint density at radius 1 is 1.07 bits per heavy atom. The Hall–Kier alpha value is -2.99. The van der Waals surface area contributed by atoms with Crippen LogP contribution in [0.15, 0.2) is 48.5 Å². The van der Waals surface area contributed by atoms with Crippen molar-refractivity contribution in [1.29, 1.82) is 0 Å². The normalized spacial score (nSPS) is 11.7. The summed E-state index contributed by atoms with van der Waals surface area (Å²) < 4.78 is 10.6. The van der Waals surface area contributed by atoms with Crippen molar-refractivity contribution in [3.63, 3.8) is 0 Å². The number of rotatable bonds is 6. The lowest BCUT2D eigenvalue weighted by molar-refractivity contribution is 0.0934. The van der Waals surface area contributed by atoms with Crippen LogP contribution in [0.1, 0.15) is 29.0 Å². The molecule has 7 heteroatoms. The average molecular weight is 386 g/mol. The Morgan fingerprint density at radius 3 is 2.44 bits per heavy atom. The number of nitrogens with one attached hydrogen (secondary N) is 2. The standard InChI is InChI=1S/C20H20ClN3O3/c1-12(14-6-9-18(26-2)19(10-14)27-3)22-20(25)17-11-16(23-24-17)13-4-7-15(21)8-5-13/h4-12H,1-3H3,(H,22,25)(H,23,24)/t12-/m1/s1. The summed E-state index contributed by atoms with van der Waals surface area (Å²) in [6.07, 6.45) is 0. The number of hydrogen-bond donors (Lipinski definition) is 2. The van der Waals surface area contributed by atoms with E-state index in [1.165, 1.54) is 0 Å². The maximum atomic E-state index is 12.5. The molecule has 1 atom stereocenters. The highest BCUT2D eigenvalue weighted by molar-refractivity contribution is 6.30. The van der Waals surface area contributed by atoms with Crippen LogP contribution in [0, 0.1) is 0 Å². The summed E-state index contributed by atoms with van der Waals surface area (Å²) in [6.45, 7) is 1.90. The molecule has 0 radical (unpaired) electrons. The third kappa shape index (κ3) is 4.23. The summed E-state index contributed by atoms with van der Waals surface area (Å²) >= 11 is 5.90. The fourth-order valence-corrected chi connectivity index (χ4v) is 2.81. The number of nitrogens with zero attached hydrogens (tertiary/aromatic N) is 1. The van der Waals surface area contributed by atoms with Gasteiger partial charge in [-0.2, -0.15) is 5.10 Å². The van der Waals surface area contributed by atoms with Crippen LogP contribution in [0.5, 0.6) is 11.5 Å². The maximum Gasteiger partial charge on any atom is 0.269 e. The van der Waals surface area contributed by atoms with Crippen LogP contribution < -0.4 is 14.8 Å². The first-order chi connectivity index (χ1) is 13.0. The van der Waals surface area contributed by atoms with Gasteiger partial charge in [-0.1, -0.05) is 29.8 Å². The number of carbonyl (C=O) groups excluding carboxylic acids is 1. The van der Waals surface area contributed by atoms with Gasteiger partial charge in [-0.05, 0) is 42.8 Å². The molecule has 6 nitrogen and oxygen atoms in total. The highest BCUT2D eigenvalue weighted by Crippen LogP contribution is 2.30. The molecule has 3 rings (SSSR count). The Bertz CT molecular complexity index is 938. The van der Waals surface area contributed by atoms with Gasteiger partial charge in [0, 0.05) is 10.6 Å². The van der Waals surface area contributed by atoms with E-state index in [0.717, 1.165) is 11.1 Å². The van der Waals surface area contributed by atoms with Gasteiger partial charge in [-0.3, -0.25) is 9.89 Å². The topological polar surface area (TPSA) is 76.2 Å². The van der Waals surface area contributed by atoms with E-state index in [1.54, 1.807) is 32.4 Å². The second kappa shape index (κ2) is 8.14. The number of halogens is 1. The van der Waals surface area contributed by atoms with Crippen LogP contribution in [-0.2, 0) is 0 Å². The maximum absolute atomic E-state index is 12.5. The predicted molar refractivity (Wildman–Crippen MR) is 104 cm³/mol. The van der Waals surface area contributed by atoms with Crippen molar-refractivity contribution in [2.24, 2.45) is 0 Å². The molecule has 2 N–H and O–H groups in total. The van der Waals surface area contributed by atoms with Crippen LogP contribution in [0.4, 0.5) is 0 Å². The first-order valence-electron chi connectivity index (χ1n) is 8.36. The van der Waals surface area contributed by atoms with E-state index in [-0.39, 0.29) is 11.9 Å². The van der Waals surface area contributed by atoms with Crippen molar-refractivity contribution in [3.05, 3.63) is 64.8 Å². The summed E-state index contributed by atoms with van der Waals surface area (Å²) in [5.74, 6) is 1.01.